The summed E-state index contributed by atoms with van der Waals surface area (Å²) in [6.45, 7) is 7.81. The number of rotatable bonds is 2. The number of nitrogens with one attached hydrogen (secondary N) is 1. The van der Waals surface area contributed by atoms with E-state index in [0.29, 0.717) is 0 Å². The first kappa shape index (κ1) is 13.8. The second kappa shape index (κ2) is 6.10. The molecule has 3 heterocycles. The van der Waals surface area contributed by atoms with Crippen molar-refractivity contribution in [2.45, 2.75) is 19.8 Å². The van der Waals surface area contributed by atoms with Crippen LogP contribution in [0.2, 0.25) is 0 Å². The molecule has 6 heteroatoms. The summed E-state index contributed by atoms with van der Waals surface area (Å²) in [5.74, 6) is 0.953. The zero-order valence-corrected chi connectivity index (χ0v) is 12.8. The zero-order chi connectivity index (χ0) is 13.9. The fourth-order valence-electron chi connectivity index (χ4n) is 2.73. The van der Waals surface area contributed by atoms with Crippen LogP contribution in [0.15, 0.2) is 6.20 Å². The Balaban J connectivity index is 1.65. The molecule has 1 aromatic heterocycles. The highest BCUT2D eigenvalue weighted by molar-refractivity contribution is 7.17. The topological polar surface area (TPSA) is 48.5 Å². The van der Waals surface area contributed by atoms with Gasteiger partial charge in [-0.1, -0.05) is 18.3 Å². The molecule has 5 nitrogen and oxygen atoms in total. The van der Waals surface area contributed by atoms with Crippen LogP contribution in [0.3, 0.4) is 0 Å². The fourth-order valence-corrected chi connectivity index (χ4v) is 3.67. The van der Waals surface area contributed by atoms with E-state index in [9.17, 15) is 4.79 Å². The molecule has 0 radical (unpaired) electrons. The minimum Gasteiger partial charge on any atom is -0.348 e. The van der Waals surface area contributed by atoms with Crippen LogP contribution in [-0.4, -0.2) is 55.1 Å². The minimum absolute atomic E-state index is 0.139. The molecule has 0 atom stereocenters. The van der Waals surface area contributed by atoms with Crippen molar-refractivity contribution in [1.29, 1.82) is 0 Å². The first-order valence-electron chi connectivity index (χ1n) is 7.45. The first-order chi connectivity index (χ1) is 9.74. The number of anilines is 1. The van der Waals surface area contributed by atoms with Gasteiger partial charge in [0.25, 0.3) is 5.91 Å². The van der Waals surface area contributed by atoms with Crippen molar-refractivity contribution in [3.63, 3.8) is 0 Å². The zero-order valence-electron chi connectivity index (χ0n) is 12.0. The number of thiazole rings is 1. The maximum atomic E-state index is 12.4. The van der Waals surface area contributed by atoms with E-state index in [1.165, 1.54) is 12.8 Å². The van der Waals surface area contributed by atoms with E-state index < -0.39 is 0 Å². The molecule has 110 valence electrons. The van der Waals surface area contributed by atoms with Crippen LogP contribution in [0.4, 0.5) is 5.13 Å². The van der Waals surface area contributed by atoms with Crippen molar-refractivity contribution in [3.8, 4) is 0 Å². The average Bonchev–Trinajstić information content (AvgIpc) is 2.98. The van der Waals surface area contributed by atoms with Crippen molar-refractivity contribution in [3.05, 3.63) is 11.1 Å². The second-order valence-corrected chi connectivity index (χ2v) is 6.73. The lowest BCUT2D eigenvalue weighted by atomic mass is 10.00. The fraction of sp³-hybridized carbons (Fsp3) is 0.714. The molecule has 1 N–H and O–H groups in total. The SMILES string of the molecule is CC1CCN(c2ncc(C(=O)N3CCNCC3)s2)CC1. The largest absolute Gasteiger partial charge is 0.348 e. The Morgan fingerprint density at radius 2 is 2.00 bits per heavy atom. The normalized spacial score (nSPS) is 21.2. The third-order valence-electron chi connectivity index (χ3n) is 4.16. The van der Waals surface area contributed by atoms with Crippen LogP contribution in [-0.2, 0) is 0 Å². The molecule has 2 aliphatic rings. The Morgan fingerprint density at radius 3 is 2.70 bits per heavy atom. The molecule has 0 spiro atoms. The maximum absolute atomic E-state index is 12.4. The van der Waals surface area contributed by atoms with E-state index in [2.05, 4.69) is 22.1 Å². The number of piperazine rings is 1. The lowest BCUT2D eigenvalue weighted by Gasteiger charge is -2.29. The molecule has 20 heavy (non-hydrogen) atoms. The van der Waals surface area contributed by atoms with Gasteiger partial charge in [-0.15, -0.1) is 0 Å². The van der Waals surface area contributed by atoms with Gasteiger partial charge in [0, 0.05) is 39.3 Å². The van der Waals surface area contributed by atoms with Gasteiger partial charge in [0.05, 0.1) is 6.20 Å². The predicted molar refractivity (Wildman–Crippen MR) is 81.5 cm³/mol. The van der Waals surface area contributed by atoms with E-state index >= 15 is 0 Å². The summed E-state index contributed by atoms with van der Waals surface area (Å²) in [5, 5.41) is 4.28. The van der Waals surface area contributed by atoms with Gasteiger partial charge >= 0.3 is 0 Å². The predicted octanol–water partition coefficient (Wildman–Crippen LogP) is 1.42. The molecule has 0 unspecified atom stereocenters. The molecule has 0 aliphatic carbocycles. The van der Waals surface area contributed by atoms with Gasteiger partial charge in [0.15, 0.2) is 5.13 Å². The number of carbonyl (C=O) groups is 1. The van der Waals surface area contributed by atoms with Gasteiger partial charge in [-0.3, -0.25) is 4.79 Å². The van der Waals surface area contributed by atoms with Crippen LogP contribution in [0.1, 0.15) is 29.4 Å². The number of nitrogens with zero attached hydrogens (tertiary/aromatic N) is 3. The summed E-state index contributed by atoms with van der Waals surface area (Å²) >= 11 is 1.55. The Kier molecular flexibility index (Phi) is 4.21. The number of hydrogen-bond donors (Lipinski definition) is 1. The van der Waals surface area contributed by atoms with Gasteiger partial charge in [-0.05, 0) is 18.8 Å². The number of amides is 1. The third kappa shape index (κ3) is 2.96. The van der Waals surface area contributed by atoms with Crippen molar-refractivity contribution in [1.82, 2.24) is 15.2 Å². The van der Waals surface area contributed by atoms with Gasteiger partial charge in [0.1, 0.15) is 4.88 Å². The second-order valence-electron chi connectivity index (χ2n) is 5.72. The van der Waals surface area contributed by atoms with E-state index in [4.69, 9.17) is 0 Å². The smallest absolute Gasteiger partial charge is 0.265 e. The summed E-state index contributed by atoms with van der Waals surface area (Å²) in [5.41, 5.74) is 0. The standard InChI is InChI=1S/C14H22N4OS/c1-11-2-6-18(7-3-11)14-16-10-12(20-14)13(19)17-8-4-15-5-9-17/h10-11,15H,2-9H2,1H3. The molecule has 2 fully saturated rings. The van der Waals surface area contributed by atoms with Crippen molar-refractivity contribution >= 4 is 22.4 Å². The highest BCUT2D eigenvalue weighted by atomic mass is 32.1. The van der Waals surface area contributed by atoms with E-state index in [1.54, 1.807) is 17.5 Å². The molecule has 1 amide bonds. The van der Waals surface area contributed by atoms with Gasteiger partial charge < -0.3 is 15.1 Å². The average molecular weight is 294 g/mol. The van der Waals surface area contributed by atoms with Crippen LogP contribution in [0, 0.1) is 5.92 Å². The molecule has 2 aliphatic heterocycles. The van der Waals surface area contributed by atoms with E-state index in [1.807, 2.05) is 4.90 Å². The summed E-state index contributed by atoms with van der Waals surface area (Å²) < 4.78 is 0. The Labute approximate surface area is 124 Å². The van der Waals surface area contributed by atoms with Crippen LogP contribution >= 0.6 is 11.3 Å². The minimum atomic E-state index is 0.139. The van der Waals surface area contributed by atoms with Crippen molar-refractivity contribution in [2.24, 2.45) is 5.92 Å². The van der Waals surface area contributed by atoms with Gasteiger partial charge in [0.2, 0.25) is 0 Å². The summed E-state index contributed by atoms with van der Waals surface area (Å²) in [4.78, 5) is 21.9. The molecule has 2 saturated heterocycles. The molecular formula is C14H22N4OS. The quantitative estimate of drug-likeness (QED) is 0.896. The molecule has 0 bridgehead atoms. The molecular weight excluding hydrogens is 272 g/mol. The lowest BCUT2D eigenvalue weighted by Crippen LogP contribution is -2.46. The summed E-state index contributed by atoms with van der Waals surface area (Å²) in [7, 11) is 0. The maximum Gasteiger partial charge on any atom is 0.265 e. The monoisotopic (exact) mass is 294 g/mol. The Hall–Kier alpha value is -1.14. The van der Waals surface area contributed by atoms with Crippen LogP contribution in [0.5, 0.6) is 0 Å². The number of piperidine rings is 1. The van der Waals surface area contributed by atoms with Gasteiger partial charge in [-0.25, -0.2) is 4.98 Å². The highest BCUT2D eigenvalue weighted by Crippen LogP contribution is 2.27. The Morgan fingerprint density at radius 1 is 1.30 bits per heavy atom. The van der Waals surface area contributed by atoms with Gasteiger partial charge in [-0.2, -0.15) is 0 Å². The first-order valence-corrected chi connectivity index (χ1v) is 8.26. The third-order valence-corrected chi connectivity index (χ3v) is 5.21. The highest BCUT2D eigenvalue weighted by Gasteiger charge is 2.23. The van der Waals surface area contributed by atoms with E-state index in [-0.39, 0.29) is 5.91 Å². The van der Waals surface area contributed by atoms with E-state index in [0.717, 1.165) is 55.2 Å². The van der Waals surface area contributed by atoms with Crippen LogP contribution < -0.4 is 10.2 Å². The number of carbonyl (C=O) groups excluding carboxylic acids is 1. The molecule has 0 aromatic carbocycles. The van der Waals surface area contributed by atoms with Crippen molar-refractivity contribution < 1.29 is 4.79 Å². The summed E-state index contributed by atoms with van der Waals surface area (Å²) in [6.07, 6.45) is 4.20. The lowest BCUT2D eigenvalue weighted by molar-refractivity contribution is 0.0740. The summed E-state index contributed by atoms with van der Waals surface area (Å²) in [6, 6.07) is 0. The Bertz CT molecular complexity index is 461. The number of aromatic nitrogens is 1. The molecule has 1 aromatic rings. The molecule has 3 rings (SSSR count). The molecule has 0 saturated carbocycles. The van der Waals surface area contributed by atoms with Crippen LogP contribution in [0.25, 0.3) is 0 Å². The number of hydrogen-bond acceptors (Lipinski definition) is 5. The van der Waals surface area contributed by atoms with Crippen molar-refractivity contribution in [2.75, 3.05) is 44.2 Å².